The highest BCUT2D eigenvalue weighted by molar-refractivity contribution is 5.82. The lowest BCUT2D eigenvalue weighted by molar-refractivity contribution is -0.136. The molecule has 6 nitrogen and oxygen atoms in total. The molecule has 0 fully saturated rings. The Morgan fingerprint density at radius 3 is 2.33 bits per heavy atom. The van der Waals surface area contributed by atoms with Crippen LogP contribution in [-0.4, -0.2) is 28.0 Å². The van der Waals surface area contributed by atoms with Gasteiger partial charge in [0.05, 0.1) is 12.7 Å². The number of hydrogen-bond donors (Lipinski definition) is 1. The van der Waals surface area contributed by atoms with E-state index in [1.54, 1.807) is 12.5 Å². The quantitative estimate of drug-likeness (QED) is 0.540. The first-order valence-electron chi connectivity index (χ1n) is 9.44. The predicted octanol–water partition coefficient (Wildman–Crippen LogP) is 3.63. The second-order valence-corrected chi connectivity index (χ2v) is 7.20. The van der Waals surface area contributed by atoms with Crippen molar-refractivity contribution in [2.24, 2.45) is 0 Å². The zero-order valence-electron chi connectivity index (χ0n) is 16.6. The van der Waals surface area contributed by atoms with Crippen LogP contribution in [0.2, 0.25) is 0 Å². The van der Waals surface area contributed by atoms with E-state index in [1.807, 2.05) is 29.0 Å². The highest BCUT2D eigenvalue weighted by atomic mass is 16.5. The number of para-hydroxylation sites is 1. The number of aromatic nitrogens is 2. The topological polar surface area (TPSA) is 73.2 Å². The fourth-order valence-corrected chi connectivity index (χ4v) is 2.81. The predicted molar refractivity (Wildman–Crippen MR) is 105 cm³/mol. The summed E-state index contributed by atoms with van der Waals surface area (Å²) in [4.78, 5) is 28.2. The lowest BCUT2D eigenvalue weighted by Gasteiger charge is -2.18. The summed E-state index contributed by atoms with van der Waals surface area (Å²) in [5.41, 5.74) is 2.03. The SMILES string of the molecule is CC(C)c1cccc(C(C)C)c1OC(=O)CCC(=O)NCCn1ccnc1. The molecular formula is C21H29N3O3. The maximum absolute atomic E-state index is 12.3. The highest BCUT2D eigenvalue weighted by Crippen LogP contribution is 2.34. The lowest BCUT2D eigenvalue weighted by Crippen LogP contribution is -2.27. The number of esters is 1. The molecule has 6 heteroatoms. The van der Waals surface area contributed by atoms with Crippen molar-refractivity contribution in [3.8, 4) is 5.75 Å². The van der Waals surface area contributed by atoms with Crippen LogP contribution in [0, 0.1) is 0 Å². The molecule has 146 valence electrons. The number of carbonyl (C=O) groups excluding carboxylic acids is 2. The number of nitrogens with zero attached hydrogens (tertiary/aromatic N) is 2. The third kappa shape index (κ3) is 6.24. The standard InChI is InChI=1S/C21H29N3O3/c1-15(2)17-6-5-7-18(16(3)4)21(17)27-20(26)9-8-19(25)23-11-13-24-12-10-22-14-24/h5-7,10,12,14-16H,8-9,11,13H2,1-4H3,(H,23,25). The van der Waals surface area contributed by atoms with E-state index in [4.69, 9.17) is 4.74 Å². The fraction of sp³-hybridized carbons (Fsp3) is 0.476. The van der Waals surface area contributed by atoms with E-state index in [9.17, 15) is 9.59 Å². The summed E-state index contributed by atoms with van der Waals surface area (Å²) in [6.45, 7) is 9.44. The highest BCUT2D eigenvalue weighted by Gasteiger charge is 2.18. The molecule has 2 aromatic rings. The van der Waals surface area contributed by atoms with E-state index in [0.29, 0.717) is 18.8 Å². The van der Waals surface area contributed by atoms with Crippen LogP contribution in [0.5, 0.6) is 5.75 Å². The van der Waals surface area contributed by atoms with Crippen LogP contribution in [0.1, 0.15) is 63.5 Å². The molecule has 0 saturated heterocycles. The van der Waals surface area contributed by atoms with Crippen LogP contribution < -0.4 is 10.1 Å². The van der Waals surface area contributed by atoms with E-state index >= 15 is 0 Å². The minimum atomic E-state index is -0.380. The Bertz CT molecular complexity index is 726. The van der Waals surface area contributed by atoms with Crippen molar-refractivity contribution in [3.05, 3.63) is 48.0 Å². The van der Waals surface area contributed by atoms with E-state index in [1.165, 1.54) is 0 Å². The molecule has 0 spiro atoms. The third-order valence-electron chi connectivity index (χ3n) is 4.34. The molecule has 0 bridgehead atoms. The molecule has 1 heterocycles. The average molecular weight is 371 g/mol. The van der Waals surface area contributed by atoms with Crippen molar-refractivity contribution in [1.82, 2.24) is 14.9 Å². The maximum atomic E-state index is 12.3. The number of carbonyl (C=O) groups is 2. The Kier molecular flexibility index (Phi) is 7.58. The molecule has 0 aliphatic carbocycles. The van der Waals surface area contributed by atoms with Crippen LogP contribution in [0.25, 0.3) is 0 Å². The molecule has 27 heavy (non-hydrogen) atoms. The Balaban J connectivity index is 1.87. The minimum Gasteiger partial charge on any atom is -0.426 e. The summed E-state index contributed by atoms with van der Waals surface area (Å²) < 4.78 is 7.56. The third-order valence-corrected chi connectivity index (χ3v) is 4.34. The first-order valence-corrected chi connectivity index (χ1v) is 9.44. The van der Waals surface area contributed by atoms with Crippen LogP contribution in [0.15, 0.2) is 36.9 Å². The molecule has 0 unspecified atom stereocenters. The largest absolute Gasteiger partial charge is 0.426 e. The van der Waals surface area contributed by atoms with Gasteiger partial charge in [-0.3, -0.25) is 9.59 Å². The molecule has 0 saturated carbocycles. The Hall–Kier alpha value is -2.63. The number of hydrogen-bond acceptors (Lipinski definition) is 4. The smallest absolute Gasteiger partial charge is 0.311 e. The van der Waals surface area contributed by atoms with Gasteiger partial charge in [0.25, 0.3) is 0 Å². The molecular weight excluding hydrogens is 342 g/mol. The van der Waals surface area contributed by atoms with Gasteiger partial charge in [-0.15, -0.1) is 0 Å². The number of benzene rings is 1. The van der Waals surface area contributed by atoms with Gasteiger partial charge in [-0.1, -0.05) is 45.9 Å². The monoisotopic (exact) mass is 371 g/mol. The van der Waals surface area contributed by atoms with E-state index in [-0.39, 0.29) is 36.6 Å². The second kappa shape index (κ2) is 9.90. The lowest BCUT2D eigenvalue weighted by atomic mass is 9.94. The van der Waals surface area contributed by atoms with Crippen LogP contribution in [0.4, 0.5) is 0 Å². The van der Waals surface area contributed by atoms with Crippen molar-refractivity contribution < 1.29 is 14.3 Å². The number of ether oxygens (including phenoxy) is 1. The van der Waals surface area contributed by atoms with Gasteiger partial charge in [-0.2, -0.15) is 0 Å². The van der Waals surface area contributed by atoms with Gasteiger partial charge in [0.1, 0.15) is 5.75 Å². The van der Waals surface area contributed by atoms with Crippen molar-refractivity contribution in [3.63, 3.8) is 0 Å². The number of imidazole rings is 1. The van der Waals surface area contributed by atoms with E-state index in [2.05, 4.69) is 38.0 Å². The van der Waals surface area contributed by atoms with Gasteiger partial charge < -0.3 is 14.6 Å². The summed E-state index contributed by atoms with van der Waals surface area (Å²) in [7, 11) is 0. The summed E-state index contributed by atoms with van der Waals surface area (Å²) in [6.07, 6.45) is 5.40. The molecule has 0 aliphatic heterocycles. The van der Waals surface area contributed by atoms with Crippen molar-refractivity contribution in [2.45, 2.75) is 58.9 Å². The summed E-state index contributed by atoms with van der Waals surface area (Å²) in [5.74, 6) is 0.604. The normalized spacial score (nSPS) is 11.0. The van der Waals surface area contributed by atoms with Crippen molar-refractivity contribution in [1.29, 1.82) is 0 Å². The first-order chi connectivity index (χ1) is 12.9. The van der Waals surface area contributed by atoms with Crippen LogP contribution >= 0.6 is 0 Å². The minimum absolute atomic E-state index is 0.0564. The second-order valence-electron chi connectivity index (χ2n) is 7.20. The van der Waals surface area contributed by atoms with Gasteiger partial charge in [0.15, 0.2) is 0 Å². The number of rotatable bonds is 9. The van der Waals surface area contributed by atoms with Gasteiger partial charge in [0.2, 0.25) is 5.91 Å². The maximum Gasteiger partial charge on any atom is 0.311 e. The van der Waals surface area contributed by atoms with E-state index < -0.39 is 0 Å². The molecule has 1 aromatic heterocycles. The Morgan fingerprint density at radius 1 is 1.11 bits per heavy atom. The molecule has 1 N–H and O–H groups in total. The number of nitrogens with one attached hydrogen (secondary N) is 1. The van der Waals surface area contributed by atoms with Gasteiger partial charge in [-0.25, -0.2) is 4.98 Å². The molecule has 0 atom stereocenters. The summed E-state index contributed by atoms with van der Waals surface area (Å²) >= 11 is 0. The Labute approximate surface area is 160 Å². The number of amides is 1. The summed E-state index contributed by atoms with van der Waals surface area (Å²) in [5, 5.41) is 2.80. The molecule has 1 amide bonds. The first kappa shape index (κ1) is 20.7. The average Bonchev–Trinajstić information content (AvgIpc) is 3.13. The van der Waals surface area contributed by atoms with Crippen LogP contribution in [-0.2, 0) is 16.1 Å². The fourth-order valence-electron chi connectivity index (χ4n) is 2.81. The molecule has 1 aromatic carbocycles. The van der Waals surface area contributed by atoms with Gasteiger partial charge in [0, 0.05) is 31.9 Å². The molecule has 0 aliphatic rings. The van der Waals surface area contributed by atoms with Crippen LogP contribution in [0.3, 0.4) is 0 Å². The molecule has 2 rings (SSSR count). The molecule has 0 radical (unpaired) electrons. The Morgan fingerprint density at radius 2 is 1.78 bits per heavy atom. The van der Waals surface area contributed by atoms with Crippen molar-refractivity contribution in [2.75, 3.05) is 6.54 Å². The zero-order valence-corrected chi connectivity index (χ0v) is 16.6. The zero-order chi connectivity index (χ0) is 19.8. The van der Waals surface area contributed by atoms with Gasteiger partial charge in [-0.05, 0) is 23.0 Å². The summed E-state index contributed by atoms with van der Waals surface area (Å²) in [6, 6.07) is 5.97. The van der Waals surface area contributed by atoms with Gasteiger partial charge >= 0.3 is 5.97 Å². The van der Waals surface area contributed by atoms with Crippen molar-refractivity contribution >= 4 is 11.9 Å². The van der Waals surface area contributed by atoms with E-state index in [0.717, 1.165) is 11.1 Å².